The van der Waals surface area contributed by atoms with Crippen LogP contribution in [0.25, 0.3) is 0 Å². The van der Waals surface area contributed by atoms with E-state index in [1.807, 2.05) is 14.0 Å². The van der Waals surface area contributed by atoms with Gasteiger partial charge in [-0.3, -0.25) is 0 Å². The molecule has 0 bridgehead atoms. The van der Waals surface area contributed by atoms with E-state index in [0.717, 1.165) is 17.8 Å². The summed E-state index contributed by atoms with van der Waals surface area (Å²) >= 11 is 1.01. The molecule has 2 rings (SSSR count). The highest BCUT2D eigenvalue weighted by molar-refractivity contribution is 7.91. The molecule has 10 heteroatoms. The van der Waals surface area contributed by atoms with Crippen molar-refractivity contribution < 1.29 is 8.42 Å². The Labute approximate surface area is 114 Å². The SMILES string of the molecule is CC(Nc1snc(N)c1S(C)(=O)=O)c1nncn1C. The number of anilines is 2. The zero-order valence-corrected chi connectivity index (χ0v) is 12.3. The van der Waals surface area contributed by atoms with Crippen molar-refractivity contribution in [1.82, 2.24) is 19.1 Å². The number of nitrogens with one attached hydrogen (secondary N) is 1. The van der Waals surface area contributed by atoms with E-state index in [4.69, 9.17) is 5.73 Å². The van der Waals surface area contributed by atoms with Crippen molar-refractivity contribution in [2.45, 2.75) is 17.9 Å². The summed E-state index contributed by atoms with van der Waals surface area (Å²) in [7, 11) is -1.62. The van der Waals surface area contributed by atoms with Crippen LogP contribution in [0.4, 0.5) is 10.8 Å². The number of nitrogen functional groups attached to an aromatic ring is 1. The number of aromatic nitrogens is 4. The lowest BCUT2D eigenvalue weighted by molar-refractivity contribution is 0.602. The maximum atomic E-state index is 11.7. The van der Waals surface area contributed by atoms with Crippen LogP contribution >= 0.6 is 11.5 Å². The number of aryl methyl sites for hydroxylation is 1. The minimum Gasteiger partial charge on any atom is -0.382 e. The van der Waals surface area contributed by atoms with Crippen molar-refractivity contribution in [1.29, 1.82) is 0 Å². The number of sulfone groups is 1. The molecule has 2 aromatic rings. The number of hydrogen-bond donors (Lipinski definition) is 2. The van der Waals surface area contributed by atoms with E-state index in [1.165, 1.54) is 0 Å². The summed E-state index contributed by atoms with van der Waals surface area (Å²) < 4.78 is 29.0. The Hall–Kier alpha value is -1.68. The lowest BCUT2D eigenvalue weighted by atomic mass is 10.3. The molecule has 8 nitrogen and oxygen atoms in total. The minimum absolute atomic E-state index is 0.0140. The second-order valence-corrected chi connectivity index (χ2v) is 6.89. The summed E-state index contributed by atoms with van der Waals surface area (Å²) in [6, 6.07) is -0.215. The number of rotatable bonds is 4. The van der Waals surface area contributed by atoms with Crippen LogP contribution in [0.15, 0.2) is 11.2 Å². The first-order valence-corrected chi connectivity index (χ1v) is 8.03. The van der Waals surface area contributed by atoms with Gasteiger partial charge in [-0.25, -0.2) is 8.42 Å². The molecule has 0 radical (unpaired) electrons. The Bertz CT molecular complexity index is 689. The highest BCUT2D eigenvalue weighted by atomic mass is 32.2. The van der Waals surface area contributed by atoms with Crippen LogP contribution in [0.3, 0.4) is 0 Å². The van der Waals surface area contributed by atoms with E-state index in [9.17, 15) is 8.42 Å². The molecule has 0 fully saturated rings. The van der Waals surface area contributed by atoms with Gasteiger partial charge in [0, 0.05) is 13.3 Å². The van der Waals surface area contributed by atoms with Crippen molar-refractivity contribution >= 4 is 32.2 Å². The van der Waals surface area contributed by atoms with Crippen LogP contribution in [0.1, 0.15) is 18.8 Å². The average molecular weight is 302 g/mol. The van der Waals surface area contributed by atoms with Crippen LogP contribution in [0.5, 0.6) is 0 Å². The Morgan fingerprint density at radius 2 is 2.21 bits per heavy atom. The summed E-state index contributed by atoms with van der Waals surface area (Å²) in [6.45, 7) is 1.85. The lowest BCUT2D eigenvalue weighted by Gasteiger charge is -2.13. The standard InChI is InChI=1S/C9H14N6O2S2/c1-5(8-13-11-4-15(8)2)12-9-6(19(3,16)17)7(10)14-18-9/h4-5,12H,1-3H3,(H2,10,14). The molecule has 104 valence electrons. The largest absolute Gasteiger partial charge is 0.382 e. The molecule has 2 aromatic heterocycles. The Morgan fingerprint density at radius 1 is 1.53 bits per heavy atom. The molecule has 0 aliphatic heterocycles. The first-order valence-electron chi connectivity index (χ1n) is 5.36. The van der Waals surface area contributed by atoms with Crippen molar-refractivity contribution in [3.05, 3.63) is 12.2 Å². The predicted molar refractivity (Wildman–Crippen MR) is 72.7 cm³/mol. The summed E-state index contributed by atoms with van der Waals surface area (Å²) in [5, 5.41) is 11.2. The first-order chi connectivity index (χ1) is 8.80. The maximum Gasteiger partial charge on any atom is 0.182 e. The quantitative estimate of drug-likeness (QED) is 0.841. The minimum atomic E-state index is -3.43. The smallest absolute Gasteiger partial charge is 0.182 e. The fourth-order valence-corrected chi connectivity index (χ4v) is 3.83. The van der Waals surface area contributed by atoms with Gasteiger partial charge in [-0.05, 0) is 18.5 Å². The second-order valence-electron chi connectivity index (χ2n) is 4.16. The summed E-state index contributed by atoms with van der Waals surface area (Å²) in [6.07, 6.45) is 2.68. The van der Waals surface area contributed by atoms with Crippen molar-refractivity contribution in [3.63, 3.8) is 0 Å². The van der Waals surface area contributed by atoms with E-state index in [1.54, 1.807) is 10.9 Å². The molecule has 0 spiro atoms. The molecular formula is C9H14N6O2S2. The predicted octanol–water partition coefficient (Wildman–Crippen LogP) is 0.430. The van der Waals surface area contributed by atoms with Gasteiger partial charge >= 0.3 is 0 Å². The molecule has 0 aromatic carbocycles. The Morgan fingerprint density at radius 3 is 2.74 bits per heavy atom. The second kappa shape index (κ2) is 4.78. The zero-order chi connectivity index (χ0) is 14.2. The van der Waals surface area contributed by atoms with Gasteiger partial charge in [-0.2, -0.15) is 4.37 Å². The number of nitrogens with zero attached hydrogens (tertiary/aromatic N) is 4. The normalized spacial score (nSPS) is 13.4. The fourth-order valence-electron chi connectivity index (χ4n) is 1.69. The zero-order valence-electron chi connectivity index (χ0n) is 10.7. The van der Waals surface area contributed by atoms with Crippen molar-refractivity contribution in [2.75, 3.05) is 17.3 Å². The van der Waals surface area contributed by atoms with Gasteiger partial charge in [0.1, 0.15) is 16.2 Å². The first kappa shape index (κ1) is 13.7. The van der Waals surface area contributed by atoms with E-state index in [2.05, 4.69) is 19.9 Å². The Balaban J connectivity index is 2.33. The van der Waals surface area contributed by atoms with Gasteiger partial charge in [0.2, 0.25) is 0 Å². The van der Waals surface area contributed by atoms with Crippen molar-refractivity contribution in [2.24, 2.45) is 7.05 Å². The van der Waals surface area contributed by atoms with Gasteiger partial charge in [-0.1, -0.05) is 0 Å². The third kappa shape index (κ3) is 2.68. The molecule has 3 N–H and O–H groups in total. The summed E-state index contributed by atoms with van der Waals surface area (Å²) in [5.74, 6) is 0.701. The average Bonchev–Trinajstić information content (AvgIpc) is 2.84. The van der Waals surface area contributed by atoms with E-state index < -0.39 is 9.84 Å². The van der Waals surface area contributed by atoms with E-state index in [-0.39, 0.29) is 16.8 Å². The van der Waals surface area contributed by atoms with Gasteiger partial charge in [0.15, 0.2) is 21.5 Å². The molecule has 2 heterocycles. The Kier molecular flexibility index (Phi) is 3.45. The van der Waals surface area contributed by atoms with Gasteiger partial charge in [0.25, 0.3) is 0 Å². The molecule has 0 amide bonds. The monoisotopic (exact) mass is 302 g/mol. The number of nitrogens with two attached hydrogens (primary N) is 1. The van der Waals surface area contributed by atoms with Gasteiger partial charge < -0.3 is 15.6 Å². The van der Waals surface area contributed by atoms with Gasteiger partial charge in [0.05, 0.1) is 6.04 Å². The maximum absolute atomic E-state index is 11.7. The van der Waals surface area contributed by atoms with E-state index in [0.29, 0.717) is 10.8 Å². The molecule has 0 aliphatic rings. The molecule has 0 saturated carbocycles. The fraction of sp³-hybridized carbons (Fsp3) is 0.444. The van der Waals surface area contributed by atoms with Crippen LogP contribution in [-0.4, -0.2) is 33.8 Å². The molecule has 19 heavy (non-hydrogen) atoms. The molecule has 1 atom stereocenters. The molecule has 0 saturated heterocycles. The van der Waals surface area contributed by atoms with Crippen LogP contribution in [0, 0.1) is 0 Å². The molecule has 1 unspecified atom stereocenters. The highest BCUT2D eigenvalue weighted by Crippen LogP contribution is 2.33. The lowest BCUT2D eigenvalue weighted by Crippen LogP contribution is -2.13. The number of hydrogen-bond acceptors (Lipinski definition) is 8. The topological polar surface area (TPSA) is 116 Å². The van der Waals surface area contributed by atoms with Crippen molar-refractivity contribution in [3.8, 4) is 0 Å². The molecular weight excluding hydrogens is 288 g/mol. The van der Waals surface area contributed by atoms with E-state index >= 15 is 0 Å². The van der Waals surface area contributed by atoms with Crippen LogP contribution in [0.2, 0.25) is 0 Å². The third-order valence-electron chi connectivity index (χ3n) is 2.53. The van der Waals surface area contributed by atoms with Crippen LogP contribution in [-0.2, 0) is 16.9 Å². The highest BCUT2D eigenvalue weighted by Gasteiger charge is 2.23. The summed E-state index contributed by atoms with van der Waals surface area (Å²) in [4.78, 5) is 0.0338. The molecule has 0 aliphatic carbocycles. The van der Waals surface area contributed by atoms with Gasteiger partial charge in [-0.15, -0.1) is 10.2 Å². The van der Waals surface area contributed by atoms with Crippen LogP contribution < -0.4 is 11.1 Å². The summed E-state index contributed by atoms with van der Waals surface area (Å²) in [5.41, 5.74) is 5.60. The third-order valence-corrected chi connectivity index (χ3v) is 4.60.